The van der Waals surface area contributed by atoms with Crippen LogP contribution >= 0.6 is 0 Å². The molecule has 2 rings (SSSR count). The number of carbonyl (C=O) groups is 1. The Hall–Kier alpha value is -1.55. The van der Waals surface area contributed by atoms with Gasteiger partial charge in [0.15, 0.2) is 0 Å². The summed E-state index contributed by atoms with van der Waals surface area (Å²) in [7, 11) is 1.65. The Morgan fingerprint density at radius 1 is 1.24 bits per heavy atom. The molecule has 116 valence electrons. The Labute approximate surface area is 126 Å². The van der Waals surface area contributed by atoms with Crippen molar-refractivity contribution in [1.29, 1.82) is 0 Å². The van der Waals surface area contributed by atoms with Crippen molar-refractivity contribution in [3.63, 3.8) is 0 Å². The number of hydrogen-bond donors (Lipinski definition) is 2. The number of nitrogens with one attached hydrogen (secondary N) is 1. The third-order valence-corrected chi connectivity index (χ3v) is 4.20. The van der Waals surface area contributed by atoms with Gasteiger partial charge < -0.3 is 15.2 Å². The minimum Gasteiger partial charge on any atom is -0.497 e. The van der Waals surface area contributed by atoms with Gasteiger partial charge >= 0.3 is 0 Å². The smallest absolute Gasteiger partial charge is 0.220 e. The second-order valence-corrected chi connectivity index (χ2v) is 5.83. The highest BCUT2D eigenvalue weighted by Gasteiger charge is 2.19. The summed E-state index contributed by atoms with van der Waals surface area (Å²) in [6.45, 7) is 0.744. The normalized spacial score (nSPS) is 21.8. The Morgan fingerprint density at radius 2 is 1.90 bits per heavy atom. The van der Waals surface area contributed by atoms with Crippen LogP contribution in [0.3, 0.4) is 0 Å². The fourth-order valence-electron chi connectivity index (χ4n) is 2.75. The lowest BCUT2D eigenvalue weighted by Crippen LogP contribution is -2.32. The molecule has 0 spiro atoms. The lowest BCUT2D eigenvalue weighted by Gasteiger charge is -2.25. The summed E-state index contributed by atoms with van der Waals surface area (Å²) >= 11 is 0. The molecule has 0 radical (unpaired) electrons. The highest BCUT2D eigenvalue weighted by molar-refractivity contribution is 5.76. The van der Waals surface area contributed by atoms with Crippen LogP contribution in [0.5, 0.6) is 5.75 Å². The van der Waals surface area contributed by atoms with Gasteiger partial charge in [0, 0.05) is 13.0 Å². The average molecular weight is 291 g/mol. The number of aryl methyl sites for hydroxylation is 1. The monoisotopic (exact) mass is 291 g/mol. The van der Waals surface area contributed by atoms with Crippen molar-refractivity contribution < 1.29 is 14.6 Å². The second-order valence-electron chi connectivity index (χ2n) is 5.83. The first-order valence-corrected chi connectivity index (χ1v) is 7.75. The number of rotatable bonds is 6. The first-order chi connectivity index (χ1) is 10.2. The summed E-state index contributed by atoms with van der Waals surface area (Å²) in [5.41, 5.74) is 1.15. The molecule has 1 fully saturated rings. The standard InChI is InChI=1S/C17H25NO3/c1-21-16-9-4-13(5-10-16)6-11-17(20)18-12-14-2-7-15(19)8-3-14/h4-5,9-10,14-15,19H,2-3,6-8,11-12H2,1H3,(H,18,20). The summed E-state index contributed by atoms with van der Waals surface area (Å²) in [4.78, 5) is 11.9. The van der Waals surface area contributed by atoms with Crippen LogP contribution in [-0.4, -0.2) is 30.8 Å². The van der Waals surface area contributed by atoms with Crippen LogP contribution in [-0.2, 0) is 11.2 Å². The minimum absolute atomic E-state index is 0.108. The minimum atomic E-state index is -0.132. The van der Waals surface area contributed by atoms with Crippen molar-refractivity contribution in [2.24, 2.45) is 5.92 Å². The van der Waals surface area contributed by atoms with E-state index in [9.17, 15) is 9.90 Å². The van der Waals surface area contributed by atoms with E-state index in [1.165, 1.54) is 0 Å². The highest BCUT2D eigenvalue weighted by Crippen LogP contribution is 2.23. The van der Waals surface area contributed by atoms with Gasteiger partial charge in [-0.1, -0.05) is 12.1 Å². The van der Waals surface area contributed by atoms with Crippen molar-refractivity contribution >= 4 is 5.91 Å². The molecule has 0 aromatic heterocycles. The number of benzene rings is 1. The maximum absolute atomic E-state index is 11.9. The molecule has 1 aliphatic rings. The summed E-state index contributed by atoms with van der Waals surface area (Å²) in [5.74, 6) is 1.47. The fraction of sp³-hybridized carbons (Fsp3) is 0.588. The molecule has 1 aromatic rings. The van der Waals surface area contributed by atoms with Gasteiger partial charge in [0.1, 0.15) is 5.75 Å². The topological polar surface area (TPSA) is 58.6 Å². The first kappa shape index (κ1) is 15.8. The Balaban J connectivity index is 1.65. The molecule has 0 bridgehead atoms. The van der Waals surface area contributed by atoms with Gasteiger partial charge in [-0.05, 0) is 55.7 Å². The number of methoxy groups -OCH3 is 1. The van der Waals surface area contributed by atoms with E-state index in [1.54, 1.807) is 7.11 Å². The molecular formula is C17H25NO3. The van der Waals surface area contributed by atoms with Gasteiger partial charge in [0.2, 0.25) is 5.91 Å². The van der Waals surface area contributed by atoms with Crippen LogP contribution < -0.4 is 10.1 Å². The van der Waals surface area contributed by atoms with Crippen molar-refractivity contribution in [1.82, 2.24) is 5.32 Å². The Bertz CT molecular complexity index is 436. The summed E-state index contributed by atoms with van der Waals surface area (Å²) in [6.07, 6.45) is 4.89. The van der Waals surface area contributed by atoms with Gasteiger partial charge in [-0.3, -0.25) is 4.79 Å². The van der Waals surface area contributed by atoms with Crippen LogP contribution in [0.1, 0.15) is 37.7 Å². The molecule has 0 unspecified atom stereocenters. The molecule has 1 aliphatic carbocycles. The van der Waals surface area contributed by atoms with Crippen molar-refractivity contribution in [2.75, 3.05) is 13.7 Å². The van der Waals surface area contributed by atoms with Crippen LogP contribution in [0, 0.1) is 5.92 Å². The quantitative estimate of drug-likeness (QED) is 0.845. The Kier molecular flexibility index (Phi) is 6.05. The number of aliphatic hydroxyl groups excluding tert-OH is 1. The predicted molar refractivity (Wildman–Crippen MR) is 82.3 cm³/mol. The molecule has 0 heterocycles. The van der Waals surface area contributed by atoms with Crippen molar-refractivity contribution in [3.8, 4) is 5.75 Å². The van der Waals surface area contributed by atoms with Crippen molar-refractivity contribution in [2.45, 2.75) is 44.6 Å². The van der Waals surface area contributed by atoms with Crippen LogP contribution in [0.4, 0.5) is 0 Å². The summed E-state index contributed by atoms with van der Waals surface area (Å²) in [6, 6.07) is 7.82. The lowest BCUT2D eigenvalue weighted by atomic mass is 9.87. The first-order valence-electron chi connectivity index (χ1n) is 7.75. The third kappa shape index (κ3) is 5.38. The van der Waals surface area contributed by atoms with Gasteiger partial charge in [-0.25, -0.2) is 0 Å². The van der Waals surface area contributed by atoms with E-state index in [4.69, 9.17) is 4.74 Å². The predicted octanol–water partition coefficient (Wildman–Crippen LogP) is 2.30. The molecule has 0 aliphatic heterocycles. The average Bonchev–Trinajstić information content (AvgIpc) is 2.53. The van der Waals surface area contributed by atoms with Crippen LogP contribution in [0.25, 0.3) is 0 Å². The largest absolute Gasteiger partial charge is 0.497 e. The zero-order chi connectivity index (χ0) is 15.1. The van der Waals surface area contributed by atoms with E-state index >= 15 is 0 Å². The number of carbonyl (C=O) groups excluding carboxylic acids is 1. The zero-order valence-electron chi connectivity index (χ0n) is 12.7. The zero-order valence-corrected chi connectivity index (χ0v) is 12.7. The van der Waals surface area contributed by atoms with Gasteiger partial charge in [-0.15, -0.1) is 0 Å². The van der Waals surface area contributed by atoms with Gasteiger partial charge in [0.05, 0.1) is 13.2 Å². The van der Waals surface area contributed by atoms with Crippen LogP contribution in [0.2, 0.25) is 0 Å². The molecule has 4 heteroatoms. The summed E-state index contributed by atoms with van der Waals surface area (Å²) < 4.78 is 5.11. The fourth-order valence-corrected chi connectivity index (χ4v) is 2.75. The van der Waals surface area contributed by atoms with E-state index in [0.717, 1.165) is 50.0 Å². The number of amides is 1. The lowest BCUT2D eigenvalue weighted by molar-refractivity contribution is -0.121. The van der Waals surface area contributed by atoms with E-state index in [-0.39, 0.29) is 12.0 Å². The second kappa shape index (κ2) is 8.03. The van der Waals surface area contributed by atoms with E-state index in [1.807, 2.05) is 24.3 Å². The van der Waals surface area contributed by atoms with E-state index in [0.29, 0.717) is 12.3 Å². The molecule has 1 amide bonds. The maximum Gasteiger partial charge on any atom is 0.220 e. The maximum atomic E-state index is 11.9. The molecule has 0 saturated heterocycles. The number of aliphatic hydroxyl groups is 1. The molecule has 0 atom stereocenters. The molecule has 21 heavy (non-hydrogen) atoms. The molecule has 1 saturated carbocycles. The number of hydrogen-bond acceptors (Lipinski definition) is 3. The van der Waals surface area contributed by atoms with E-state index in [2.05, 4.69) is 5.32 Å². The molecule has 4 nitrogen and oxygen atoms in total. The SMILES string of the molecule is COc1ccc(CCC(=O)NCC2CCC(O)CC2)cc1. The highest BCUT2D eigenvalue weighted by atomic mass is 16.5. The third-order valence-electron chi connectivity index (χ3n) is 4.20. The summed E-state index contributed by atoms with van der Waals surface area (Å²) in [5, 5.41) is 12.5. The van der Waals surface area contributed by atoms with Crippen LogP contribution in [0.15, 0.2) is 24.3 Å². The van der Waals surface area contributed by atoms with Gasteiger partial charge in [-0.2, -0.15) is 0 Å². The number of ether oxygens (including phenoxy) is 1. The molecule has 1 aromatic carbocycles. The van der Waals surface area contributed by atoms with E-state index < -0.39 is 0 Å². The molecule has 2 N–H and O–H groups in total. The van der Waals surface area contributed by atoms with Crippen molar-refractivity contribution in [3.05, 3.63) is 29.8 Å². The Morgan fingerprint density at radius 3 is 2.52 bits per heavy atom. The molecular weight excluding hydrogens is 266 g/mol. The van der Waals surface area contributed by atoms with Gasteiger partial charge in [0.25, 0.3) is 0 Å².